The maximum absolute atomic E-state index is 13.8. The molecule has 3 heterocycles. The number of hydrogen-bond acceptors (Lipinski definition) is 7. The highest BCUT2D eigenvalue weighted by atomic mass is 32.1. The molecule has 0 saturated carbocycles. The average molecular weight is 339 g/mol. The minimum atomic E-state index is -0.865. The molecule has 8 nitrogen and oxygen atoms in total. The topological polar surface area (TPSA) is 88.8 Å². The third-order valence-corrected chi connectivity index (χ3v) is 4.56. The Kier molecular flexibility index (Phi) is 4.91. The van der Waals surface area contributed by atoms with Crippen LogP contribution in [0.5, 0.6) is 0 Å². The number of likely N-dealkylation sites (tertiary alicyclic amines) is 1. The Labute approximate surface area is 136 Å². The molecule has 23 heavy (non-hydrogen) atoms. The standard InChI is InChI=1S/C13H18FN7OS/c1-9-17-11(7-23-9)5-20-4-10(14)2-12(20)3-15-13(22)6-21-8-16-18-19-21/h7-8,10,12H,2-6H2,1H3,(H,15,22)/t10-,12-/m0/s1. The van der Waals surface area contributed by atoms with Gasteiger partial charge in [-0.2, -0.15) is 0 Å². The van der Waals surface area contributed by atoms with Crippen molar-refractivity contribution in [3.8, 4) is 0 Å². The molecule has 1 aliphatic heterocycles. The Morgan fingerprint density at radius 3 is 3.13 bits per heavy atom. The van der Waals surface area contributed by atoms with E-state index in [4.69, 9.17) is 0 Å². The van der Waals surface area contributed by atoms with Crippen LogP contribution in [-0.4, -0.2) is 61.3 Å². The summed E-state index contributed by atoms with van der Waals surface area (Å²) in [5, 5.41) is 16.4. The summed E-state index contributed by atoms with van der Waals surface area (Å²) >= 11 is 1.59. The Morgan fingerprint density at radius 2 is 2.43 bits per heavy atom. The summed E-state index contributed by atoms with van der Waals surface area (Å²) in [6, 6.07) is -0.0233. The number of nitrogens with zero attached hydrogens (tertiary/aromatic N) is 6. The lowest BCUT2D eigenvalue weighted by molar-refractivity contribution is -0.122. The van der Waals surface area contributed by atoms with Gasteiger partial charge >= 0.3 is 0 Å². The van der Waals surface area contributed by atoms with E-state index in [-0.39, 0.29) is 18.5 Å². The Balaban J connectivity index is 1.51. The third-order valence-electron chi connectivity index (χ3n) is 3.74. The summed E-state index contributed by atoms with van der Waals surface area (Å²) < 4.78 is 15.1. The van der Waals surface area contributed by atoms with Gasteiger partial charge in [0.25, 0.3) is 0 Å². The molecule has 3 rings (SSSR count). The maximum atomic E-state index is 13.8. The lowest BCUT2D eigenvalue weighted by Gasteiger charge is -2.23. The van der Waals surface area contributed by atoms with Gasteiger partial charge in [0.2, 0.25) is 5.91 Å². The van der Waals surface area contributed by atoms with E-state index in [0.29, 0.717) is 26.1 Å². The van der Waals surface area contributed by atoms with Crippen molar-refractivity contribution in [1.82, 2.24) is 35.4 Å². The number of halogens is 1. The molecule has 0 unspecified atom stereocenters. The molecule has 1 amide bonds. The molecular formula is C13H18FN7OS. The van der Waals surface area contributed by atoms with Crippen molar-refractivity contribution in [3.63, 3.8) is 0 Å². The molecule has 1 N–H and O–H groups in total. The normalized spacial score (nSPS) is 21.7. The van der Waals surface area contributed by atoms with Crippen molar-refractivity contribution in [3.05, 3.63) is 22.4 Å². The minimum absolute atomic E-state index is 0.0233. The van der Waals surface area contributed by atoms with Crippen LogP contribution >= 0.6 is 11.3 Å². The minimum Gasteiger partial charge on any atom is -0.353 e. The molecule has 0 aromatic carbocycles. The van der Waals surface area contributed by atoms with Gasteiger partial charge in [0.05, 0.1) is 10.7 Å². The fourth-order valence-corrected chi connectivity index (χ4v) is 3.31. The summed E-state index contributed by atoms with van der Waals surface area (Å²) in [7, 11) is 0. The molecule has 2 aromatic heterocycles. The van der Waals surface area contributed by atoms with E-state index >= 15 is 0 Å². The van der Waals surface area contributed by atoms with E-state index in [1.807, 2.05) is 17.2 Å². The summed E-state index contributed by atoms with van der Waals surface area (Å²) in [6.07, 6.45) is 0.939. The smallest absolute Gasteiger partial charge is 0.241 e. The monoisotopic (exact) mass is 339 g/mol. The number of thiazole rings is 1. The Morgan fingerprint density at radius 1 is 1.57 bits per heavy atom. The first-order valence-corrected chi connectivity index (χ1v) is 8.24. The van der Waals surface area contributed by atoms with Gasteiger partial charge in [-0.3, -0.25) is 9.69 Å². The van der Waals surface area contributed by atoms with Crippen molar-refractivity contribution in [1.29, 1.82) is 0 Å². The number of alkyl halides is 1. The van der Waals surface area contributed by atoms with Crippen molar-refractivity contribution in [2.24, 2.45) is 0 Å². The molecule has 1 saturated heterocycles. The number of carbonyl (C=O) groups is 1. The number of aromatic nitrogens is 5. The number of hydrogen-bond donors (Lipinski definition) is 1. The van der Waals surface area contributed by atoms with Crippen LogP contribution in [0.4, 0.5) is 4.39 Å². The van der Waals surface area contributed by atoms with Gasteiger partial charge in [-0.25, -0.2) is 14.1 Å². The van der Waals surface area contributed by atoms with Crippen LogP contribution in [0.3, 0.4) is 0 Å². The number of carbonyl (C=O) groups excluding carboxylic acids is 1. The van der Waals surface area contributed by atoms with Crippen LogP contribution in [0.1, 0.15) is 17.1 Å². The lowest BCUT2D eigenvalue weighted by atomic mass is 10.2. The summed E-state index contributed by atoms with van der Waals surface area (Å²) in [5.74, 6) is -0.191. The number of aryl methyl sites for hydroxylation is 1. The number of rotatable bonds is 6. The first-order chi connectivity index (χ1) is 11.1. The maximum Gasteiger partial charge on any atom is 0.241 e. The number of tetrazole rings is 1. The first kappa shape index (κ1) is 15.9. The van der Waals surface area contributed by atoms with Crippen LogP contribution in [-0.2, 0) is 17.9 Å². The van der Waals surface area contributed by atoms with E-state index in [0.717, 1.165) is 10.7 Å². The quantitative estimate of drug-likeness (QED) is 0.807. The van der Waals surface area contributed by atoms with Gasteiger partial charge < -0.3 is 5.32 Å². The predicted molar refractivity (Wildman–Crippen MR) is 81.4 cm³/mol. The van der Waals surface area contributed by atoms with Crippen LogP contribution < -0.4 is 5.32 Å². The van der Waals surface area contributed by atoms with Crippen LogP contribution in [0.25, 0.3) is 0 Å². The Bertz CT molecular complexity index is 647. The predicted octanol–water partition coefficient (Wildman–Crippen LogP) is 0.167. The van der Waals surface area contributed by atoms with E-state index in [1.165, 1.54) is 11.0 Å². The highest BCUT2D eigenvalue weighted by Crippen LogP contribution is 2.22. The van der Waals surface area contributed by atoms with Crippen molar-refractivity contribution < 1.29 is 9.18 Å². The Hall–Kier alpha value is -1.94. The first-order valence-electron chi connectivity index (χ1n) is 7.36. The van der Waals surface area contributed by atoms with Gasteiger partial charge in [-0.1, -0.05) is 0 Å². The molecule has 0 aliphatic carbocycles. The lowest BCUT2D eigenvalue weighted by Crippen LogP contribution is -2.41. The van der Waals surface area contributed by atoms with Gasteiger partial charge in [0.15, 0.2) is 0 Å². The molecule has 1 aliphatic rings. The molecule has 0 spiro atoms. The molecule has 1 fully saturated rings. The fourth-order valence-electron chi connectivity index (χ4n) is 2.70. The molecule has 10 heteroatoms. The van der Waals surface area contributed by atoms with E-state index in [2.05, 4.69) is 25.8 Å². The SMILES string of the molecule is Cc1nc(CN2C[C@@H](F)C[C@H]2CNC(=O)Cn2cnnn2)cs1. The zero-order valence-electron chi connectivity index (χ0n) is 12.7. The van der Waals surface area contributed by atoms with Crippen LogP contribution in [0.15, 0.2) is 11.7 Å². The van der Waals surface area contributed by atoms with E-state index in [1.54, 1.807) is 11.3 Å². The number of amides is 1. The van der Waals surface area contributed by atoms with Crippen LogP contribution in [0, 0.1) is 6.92 Å². The van der Waals surface area contributed by atoms with E-state index in [9.17, 15) is 9.18 Å². The van der Waals surface area contributed by atoms with Crippen molar-refractivity contribution in [2.45, 2.75) is 38.6 Å². The number of nitrogens with one attached hydrogen (secondary N) is 1. The summed E-state index contributed by atoms with van der Waals surface area (Å²) in [6.45, 7) is 3.41. The van der Waals surface area contributed by atoms with Crippen molar-refractivity contribution >= 4 is 17.2 Å². The second-order valence-corrected chi connectivity index (χ2v) is 6.65. The molecule has 2 atom stereocenters. The fraction of sp³-hybridized carbons (Fsp3) is 0.615. The van der Waals surface area contributed by atoms with Gasteiger partial charge in [0.1, 0.15) is 19.0 Å². The molecule has 2 aromatic rings. The molecule has 0 bridgehead atoms. The zero-order chi connectivity index (χ0) is 16.2. The zero-order valence-corrected chi connectivity index (χ0v) is 13.5. The van der Waals surface area contributed by atoms with Gasteiger partial charge in [-0.05, 0) is 23.8 Å². The molecule has 124 valence electrons. The third kappa shape index (κ3) is 4.29. The highest BCUT2D eigenvalue weighted by molar-refractivity contribution is 7.09. The molecule has 0 radical (unpaired) electrons. The average Bonchev–Trinajstić information content (AvgIpc) is 3.21. The highest BCUT2D eigenvalue weighted by Gasteiger charge is 2.32. The second kappa shape index (κ2) is 7.09. The van der Waals surface area contributed by atoms with Gasteiger partial charge in [0, 0.05) is 31.1 Å². The largest absolute Gasteiger partial charge is 0.353 e. The second-order valence-electron chi connectivity index (χ2n) is 5.59. The summed E-state index contributed by atoms with van der Waals surface area (Å²) in [5.41, 5.74) is 0.951. The van der Waals surface area contributed by atoms with Gasteiger partial charge in [-0.15, -0.1) is 16.4 Å². The van der Waals surface area contributed by atoms with Crippen molar-refractivity contribution in [2.75, 3.05) is 13.1 Å². The molecular weight excluding hydrogens is 321 g/mol. The van der Waals surface area contributed by atoms with E-state index < -0.39 is 6.17 Å². The van der Waals surface area contributed by atoms with Crippen LogP contribution in [0.2, 0.25) is 0 Å². The summed E-state index contributed by atoms with van der Waals surface area (Å²) in [4.78, 5) is 18.3.